The molecular formula is C29H20Cl2N2O5S. The maximum atomic E-state index is 13.3. The maximum absolute atomic E-state index is 13.3. The van der Waals surface area contributed by atoms with E-state index in [1.54, 1.807) is 31.3 Å². The number of thiophene rings is 1. The zero-order chi connectivity index (χ0) is 27.5. The van der Waals surface area contributed by atoms with Gasteiger partial charge in [-0.3, -0.25) is 9.78 Å². The van der Waals surface area contributed by atoms with E-state index in [9.17, 15) is 14.7 Å². The van der Waals surface area contributed by atoms with E-state index in [-0.39, 0.29) is 21.2 Å². The first kappa shape index (κ1) is 26.5. The number of aromatic carboxylic acids is 1. The molecule has 3 aromatic heterocycles. The van der Waals surface area contributed by atoms with Gasteiger partial charge in [0.2, 0.25) is 0 Å². The molecule has 0 radical (unpaired) electrons. The summed E-state index contributed by atoms with van der Waals surface area (Å²) < 4.78 is 11.3. The van der Waals surface area contributed by atoms with Crippen molar-refractivity contribution < 1.29 is 23.8 Å². The fourth-order valence-electron chi connectivity index (χ4n) is 3.90. The summed E-state index contributed by atoms with van der Waals surface area (Å²) in [5, 5.41) is 13.2. The summed E-state index contributed by atoms with van der Waals surface area (Å²) in [5.74, 6) is -1.06. The van der Waals surface area contributed by atoms with E-state index >= 15 is 0 Å². The van der Waals surface area contributed by atoms with Crippen LogP contribution >= 0.6 is 34.5 Å². The number of carbonyl (C=O) groups excluding carboxylic acids is 1. The number of amides is 1. The summed E-state index contributed by atoms with van der Waals surface area (Å²) in [6.07, 6.45) is 3.00. The molecule has 2 aromatic carbocycles. The normalized spacial score (nSPS) is 11.5. The van der Waals surface area contributed by atoms with Crippen LogP contribution in [-0.2, 0) is 9.53 Å². The Balaban J connectivity index is 1.43. The zero-order valence-corrected chi connectivity index (χ0v) is 22.7. The number of rotatable bonds is 8. The summed E-state index contributed by atoms with van der Waals surface area (Å²) in [7, 11) is 0. The molecule has 0 spiro atoms. The number of fused-ring (bicyclic) bond motifs is 1. The van der Waals surface area contributed by atoms with Crippen LogP contribution in [0.25, 0.3) is 38.4 Å². The van der Waals surface area contributed by atoms with Gasteiger partial charge in [0.25, 0.3) is 5.91 Å². The van der Waals surface area contributed by atoms with Crippen LogP contribution in [0.4, 0.5) is 5.69 Å². The first-order valence-corrected chi connectivity index (χ1v) is 13.3. The van der Waals surface area contributed by atoms with Crippen LogP contribution in [0.1, 0.15) is 22.2 Å². The van der Waals surface area contributed by atoms with Crippen molar-refractivity contribution in [2.75, 3.05) is 11.9 Å². The summed E-state index contributed by atoms with van der Waals surface area (Å²) >= 11 is 13.4. The number of pyridine rings is 1. The first-order valence-electron chi connectivity index (χ1n) is 11.7. The number of nitrogens with one attached hydrogen (secondary N) is 1. The maximum Gasteiger partial charge on any atom is 0.348 e. The number of anilines is 1. The SMILES string of the molecule is CCOC=C(C(=O)Nc1cc(-c2ccc(-c3cc4ncccc4o3)cc2)sc1C(=O)O)c1ccc(Cl)cc1Cl. The topological polar surface area (TPSA) is 102 Å². The lowest BCUT2D eigenvalue weighted by Gasteiger charge is -2.11. The summed E-state index contributed by atoms with van der Waals surface area (Å²) in [6.45, 7) is 2.10. The van der Waals surface area contributed by atoms with Gasteiger partial charge in [-0.25, -0.2) is 4.79 Å². The number of carbonyl (C=O) groups is 2. The van der Waals surface area contributed by atoms with Crippen LogP contribution in [0, 0.1) is 0 Å². The van der Waals surface area contributed by atoms with Gasteiger partial charge in [-0.15, -0.1) is 11.3 Å². The standard InChI is InChI=1S/C29H20Cl2N2O5S/c1-2-37-15-20(19-10-9-18(30)12-21(19)31)28(34)33-23-14-26(39-27(23)29(35)36)17-7-5-16(6-8-17)25-13-22-24(38-25)4-3-11-32-22/h3-15H,2H2,1H3,(H,33,34)(H,35,36). The molecule has 0 atom stereocenters. The minimum Gasteiger partial charge on any atom is -0.501 e. The molecule has 7 nitrogen and oxygen atoms in total. The van der Waals surface area contributed by atoms with E-state index in [2.05, 4.69) is 10.3 Å². The zero-order valence-electron chi connectivity index (χ0n) is 20.4. The number of benzene rings is 2. The second-order valence-electron chi connectivity index (χ2n) is 8.30. The van der Waals surface area contributed by atoms with Crippen molar-refractivity contribution in [1.29, 1.82) is 0 Å². The molecule has 196 valence electrons. The lowest BCUT2D eigenvalue weighted by Crippen LogP contribution is -2.15. The molecule has 39 heavy (non-hydrogen) atoms. The van der Waals surface area contributed by atoms with Gasteiger partial charge >= 0.3 is 5.97 Å². The minimum absolute atomic E-state index is 0.0104. The second-order valence-corrected chi connectivity index (χ2v) is 10.2. The molecule has 0 aliphatic heterocycles. The van der Waals surface area contributed by atoms with Crippen LogP contribution in [0.3, 0.4) is 0 Å². The lowest BCUT2D eigenvalue weighted by molar-refractivity contribution is -0.111. The molecule has 0 fully saturated rings. The van der Waals surface area contributed by atoms with E-state index in [1.165, 1.54) is 12.3 Å². The van der Waals surface area contributed by atoms with Crippen LogP contribution in [0.2, 0.25) is 10.0 Å². The number of hydrogen-bond donors (Lipinski definition) is 2. The van der Waals surface area contributed by atoms with E-state index in [0.29, 0.717) is 33.4 Å². The third-order valence-corrected chi connectivity index (χ3v) is 7.47. The third kappa shape index (κ3) is 5.68. The Morgan fingerprint density at radius 2 is 1.85 bits per heavy atom. The highest BCUT2D eigenvalue weighted by atomic mass is 35.5. The van der Waals surface area contributed by atoms with Gasteiger partial charge in [-0.05, 0) is 42.8 Å². The molecule has 0 saturated carbocycles. The van der Waals surface area contributed by atoms with Crippen molar-refractivity contribution in [3.05, 3.63) is 99.7 Å². The largest absolute Gasteiger partial charge is 0.501 e. The number of carboxylic acids is 1. The molecule has 3 heterocycles. The van der Waals surface area contributed by atoms with Gasteiger partial charge in [-0.2, -0.15) is 0 Å². The number of ether oxygens (including phenoxy) is 1. The van der Waals surface area contributed by atoms with Crippen LogP contribution in [0.5, 0.6) is 0 Å². The molecule has 0 aliphatic carbocycles. The average molecular weight is 579 g/mol. The predicted molar refractivity (Wildman–Crippen MR) is 154 cm³/mol. The van der Waals surface area contributed by atoms with Crippen molar-refractivity contribution in [2.24, 2.45) is 0 Å². The van der Waals surface area contributed by atoms with Gasteiger partial charge in [0.05, 0.1) is 29.2 Å². The number of hydrogen-bond acceptors (Lipinski definition) is 6. The van der Waals surface area contributed by atoms with Crippen LogP contribution in [-0.4, -0.2) is 28.6 Å². The fourth-order valence-corrected chi connectivity index (χ4v) is 5.37. The van der Waals surface area contributed by atoms with Crippen molar-refractivity contribution in [2.45, 2.75) is 6.92 Å². The quantitative estimate of drug-likeness (QED) is 0.142. The highest BCUT2D eigenvalue weighted by Gasteiger charge is 2.22. The van der Waals surface area contributed by atoms with Gasteiger partial charge in [0.15, 0.2) is 5.58 Å². The Kier molecular flexibility index (Phi) is 7.70. The van der Waals surface area contributed by atoms with Crippen molar-refractivity contribution in [1.82, 2.24) is 4.98 Å². The fraction of sp³-hybridized carbons (Fsp3) is 0.0690. The van der Waals surface area contributed by atoms with E-state index in [0.717, 1.165) is 28.0 Å². The predicted octanol–water partition coefficient (Wildman–Crippen LogP) is 8.24. The highest BCUT2D eigenvalue weighted by Crippen LogP contribution is 2.37. The number of halogens is 2. The lowest BCUT2D eigenvalue weighted by atomic mass is 10.1. The Hall–Kier alpha value is -4.11. The average Bonchev–Trinajstić information content (AvgIpc) is 3.55. The first-order chi connectivity index (χ1) is 18.8. The van der Waals surface area contributed by atoms with E-state index in [1.807, 2.05) is 42.5 Å². The van der Waals surface area contributed by atoms with Crippen LogP contribution in [0.15, 0.2) is 83.6 Å². The molecule has 0 saturated heterocycles. The molecule has 0 aliphatic rings. The number of nitrogens with zero attached hydrogens (tertiary/aromatic N) is 1. The summed E-state index contributed by atoms with van der Waals surface area (Å²) in [6, 6.07) is 19.4. The van der Waals surface area contributed by atoms with Gasteiger partial charge in [0, 0.05) is 33.3 Å². The summed E-state index contributed by atoms with van der Waals surface area (Å²) in [5.41, 5.74) is 3.78. The molecule has 1 amide bonds. The summed E-state index contributed by atoms with van der Waals surface area (Å²) in [4.78, 5) is 30.3. The molecule has 2 N–H and O–H groups in total. The molecule has 5 rings (SSSR count). The van der Waals surface area contributed by atoms with E-state index in [4.69, 9.17) is 32.4 Å². The van der Waals surface area contributed by atoms with Gasteiger partial charge in [0.1, 0.15) is 16.2 Å². The molecule has 0 bridgehead atoms. The monoisotopic (exact) mass is 578 g/mol. The van der Waals surface area contributed by atoms with Crippen molar-refractivity contribution >= 4 is 68.8 Å². The number of carboxylic acid groups (broad SMARTS) is 1. The van der Waals surface area contributed by atoms with E-state index < -0.39 is 11.9 Å². The van der Waals surface area contributed by atoms with Gasteiger partial charge in [-0.1, -0.05) is 53.5 Å². The van der Waals surface area contributed by atoms with Gasteiger partial charge < -0.3 is 19.6 Å². The number of furan rings is 1. The molecular weight excluding hydrogens is 559 g/mol. The Morgan fingerprint density at radius 3 is 2.54 bits per heavy atom. The number of aromatic nitrogens is 1. The Bertz CT molecular complexity index is 1690. The Labute approximate surface area is 237 Å². The smallest absolute Gasteiger partial charge is 0.348 e. The second kappa shape index (κ2) is 11.3. The molecule has 5 aromatic rings. The molecule has 0 unspecified atom stereocenters. The third-order valence-electron chi connectivity index (χ3n) is 5.75. The van der Waals surface area contributed by atoms with Crippen molar-refractivity contribution in [3.63, 3.8) is 0 Å². The highest BCUT2D eigenvalue weighted by molar-refractivity contribution is 7.18. The van der Waals surface area contributed by atoms with Crippen LogP contribution < -0.4 is 5.32 Å². The molecule has 10 heteroatoms. The Morgan fingerprint density at radius 1 is 1.08 bits per heavy atom. The van der Waals surface area contributed by atoms with Crippen molar-refractivity contribution in [3.8, 4) is 21.8 Å². The minimum atomic E-state index is -1.16.